The van der Waals surface area contributed by atoms with E-state index in [0.29, 0.717) is 5.89 Å². The van der Waals surface area contributed by atoms with Crippen molar-refractivity contribution in [2.24, 2.45) is 5.92 Å². The quantitative estimate of drug-likeness (QED) is 0.712. The van der Waals surface area contributed by atoms with Crippen molar-refractivity contribution in [3.05, 3.63) is 11.8 Å². The second kappa shape index (κ2) is 3.46. The van der Waals surface area contributed by atoms with Gasteiger partial charge >= 0.3 is 0 Å². The Balaban J connectivity index is 2.08. The van der Waals surface area contributed by atoms with E-state index < -0.39 is 0 Å². The Hall–Kier alpha value is -0.900. The van der Waals surface area contributed by atoms with E-state index in [2.05, 4.69) is 22.4 Å². The Bertz CT molecular complexity index is 284. The maximum absolute atomic E-state index is 5.39. The molecule has 2 rings (SSSR count). The van der Waals surface area contributed by atoms with Crippen LogP contribution in [0.5, 0.6) is 0 Å². The molecule has 4 heteroatoms. The first-order valence-electron chi connectivity index (χ1n) is 4.79. The summed E-state index contributed by atoms with van der Waals surface area (Å²) in [7, 11) is 0. The van der Waals surface area contributed by atoms with Crippen molar-refractivity contribution in [1.29, 1.82) is 0 Å². The second-order valence-electron chi connectivity index (χ2n) is 3.80. The Morgan fingerprint density at radius 2 is 2.31 bits per heavy atom. The molecule has 0 bridgehead atoms. The lowest BCUT2D eigenvalue weighted by atomic mass is 9.94. The SMILES string of the molecule is Cc1nnc(C2CC(C)CCN2)o1. The summed E-state index contributed by atoms with van der Waals surface area (Å²) in [5.41, 5.74) is 0. The molecule has 0 amide bonds. The zero-order valence-corrected chi connectivity index (χ0v) is 8.08. The molecule has 0 aliphatic carbocycles. The monoisotopic (exact) mass is 181 g/mol. The minimum Gasteiger partial charge on any atom is -0.424 e. The number of aryl methyl sites for hydroxylation is 1. The molecule has 2 heterocycles. The Morgan fingerprint density at radius 3 is 2.92 bits per heavy atom. The lowest BCUT2D eigenvalue weighted by Crippen LogP contribution is -2.30. The topological polar surface area (TPSA) is 51.0 Å². The van der Waals surface area contributed by atoms with Gasteiger partial charge in [0.1, 0.15) is 0 Å². The number of rotatable bonds is 1. The van der Waals surface area contributed by atoms with E-state index >= 15 is 0 Å². The molecule has 72 valence electrons. The van der Waals surface area contributed by atoms with Crippen molar-refractivity contribution in [1.82, 2.24) is 15.5 Å². The van der Waals surface area contributed by atoms with Crippen LogP contribution in [-0.4, -0.2) is 16.7 Å². The van der Waals surface area contributed by atoms with Gasteiger partial charge in [0.2, 0.25) is 11.8 Å². The average molecular weight is 181 g/mol. The van der Waals surface area contributed by atoms with Gasteiger partial charge in [0.25, 0.3) is 0 Å². The summed E-state index contributed by atoms with van der Waals surface area (Å²) in [4.78, 5) is 0. The van der Waals surface area contributed by atoms with Crippen LogP contribution < -0.4 is 5.32 Å². The van der Waals surface area contributed by atoms with Crippen LogP contribution in [0, 0.1) is 12.8 Å². The molecule has 0 saturated carbocycles. The highest BCUT2D eigenvalue weighted by Crippen LogP contribution is 2.25. The lowest BCUT2D eigenvalue weighted by Gasteiger charge is -2.25. The van der Waals surface area contributed by atoms with Gasteiger partial charge in [-0.3, -0.25) is 0 Å². The zero-order chi connectivity index (χ0) is 9.26. The summed E-state index contributed by atoms with van der Waals surface area (Å²) in [5.74, 6) is 2.14. The van der Waals surface area contributed by atoms with Crippen LogP contribution in [0.15, 0.2) is 4.42 Å². The fraction of sp³-hybridized carbons (Fsp3) is 0.778. The van der Waals surface area contributed by atoms with Crippen LogP contribution >= 0.6 is 0 Å². The van der Waals surface area contributed by atoms with E-state index in [1.54, 1.807) is 0 Å². The highest BCUT2D eigenvalue weighted by atomic mass is 16.4. The third kappa shape index (κ3) is 1.88. The molecule has 1 aromatic rings. The summed E-state index contributed by atoms with van der Waals surface area (Å²) in [5, 5.41) is 11.2. The molecule has 2 unspecified atom stereocenters. The molecule has 1 fully saturated rings. The zero-order valence-electron chi connectivity index (χ0n) is 8.08. The fourth-order valence-electron chi connectivity index (χ4n) is 1.75. The van der Waals surface area contributed by atoms with Gasteiger partial charge in [0.05, 0.1) is 6.04 Å². The summed E-state index contributed by atoms with van der Waals surface area (Å²) in [6, 6.07) is 0.268. The van der Waals surface area contributed by atoms with Crippen molar-refractivity contribution in [3.8, 4) is 0 Å². The minimum atomic E-state index is 0.268. The maximum atomic E-state index is 5.39. The average Bonchev–Trinajstić information content (AvgIpc) is 2.52. The van der Waals surface area contributed by atoms with Crippen LogP contribution in [0.25, 0.3) is 0 Å². The maximum Gasteiger partial charge on any atom is 0.233 e. The van der Waals surface area contributed by atoms with Crippen LogP contribution in [-0.2, 0) is 0 Å². The molecular weight excluding hydrogens is 166 g/mol. The van der Waals surface area contributed by atoms with E-state index in [1.165, 1.54) is 6.42 Å². The highest BCUT2D eigenvalue weighted by Gasteiger charge is 2.23. The van der Waals surface area contributed by atoms with Crippen LogP contribution in [0.4, 0.5) is 0 Å². The van der Waals surface area contributed by atoms with E-state index in [4.69, 9.17) is 4.42 Å². The van der Waals surface area contributed by atoms with Crippen molar-refractivity contribution in [2.75, 3.05) is 6.54 Å². The Labute approximate surface area is 77.7 Å². The molecule has 1 aliphatic rings. The predicted molar refractivity (Wildman–Crippen MR) is 48.2 cm³/mol. The normalized spacial score (nSPS) is 29.1. The van der Waals surface area contributed by atoms with Crippen LogP contribution in [0.1, 0.15) is 37.6 Å². The number of hydrogen-bond acceptors (Lipinski definition) is 4. The third-order valence-electron chi connectivity index (χ3n) is 2.51. The highest BCUT2D eigenvalue weighted by molar-refractivity contribution is 4.92. The summed E-state index contributed by atoms with van der Waals surface area (Å²) in [6.07, 6.45) is 2.34. The molecule has 13 heavy (non-hydrogen) atoms. The van der Waals surface area contributed by atoms with Gasteiger partial charge in [0, 0.05) is 6.92 Å². The molecule has 1 saturated heterocycles. The van der Waals surface area contributed by atoms with Gasteiger partial charge in [-0.05, 0) is 25.3 Å². The molecule has 2 atom stereocenters. The first kappa shape index (κ1) is 8.69. The minimum absolute atomic E-state index is 0.268. The van der Waals surface area contributed by atoms with E-state index in [0.717, 1.165) is 24.8 Å². The van der Waals surface area contributed by atoms with E-state index in [9.17, 15) is 0 Å². The largest absolute Gasteiger partial charge is 0.424 e. The van der Waals surface area contributed by atoms with Crippen molar-refractivity contribution in [2.45, 2.75) is 32.7 Å². The molecule has 1 aromatic heterocycles. The number of piperidine rings is 1. The molecule has 0 spiro atoms. The summed E-state index contributed by atoms with van der Waals surface area (Å²) in [6.45, 7) is 5.13. The Morgan fingerprint density at radius 1 is 1.46 bits per heavy atom. The van der Waals surface area contributed by atoms with Crippen molar-refractivity contribution in [3.63, 3.8) is 0 Å². The number of nitrogens with one attached hydrogen (secondary N) is 1. The van der Waals surface area contributed by atoms with Crippen molar-refractivity contribution >= 4 is 0 Å². The number of nitrogens with zero attached hydrogens (tertiary/aromatic N) is 2. The molecule has 1 aliphatic heterocycles. The Kier molecular flexibility index (Phi) is 2.31. The van der Waals surface area contributed by atoms with Crippen LogP contribution in [0.2, 0.25) is 0 Å². The predicted octanol–water partition coefficient (Wildman–Crippen LogP) is 1.44. The smallest absolute Gasteiger partial charge is 0.233 e. The first-order chi connectivity index (χ1) is 6.25. The van der Waals surface area contributed by atoms with Gasteiger partial charge in [0.15, 0.2) is 0 Å². The lowest BCUT2D eigenvalue weighted by molar-refractivity contribution is 0.280. The molecular formula is C9H15N3O. The van der Waals surface area contributed by atoms with Gasteiger partial charge in [-0.1, -0.05) is 6.92 Å². The summed E-state index contributed by atoms with van der Waals surface area (Å²) >= 11 is 0. The van der Waals surface area contributed by atoms with Gasteiger partial charge in [-0.25, -0.2) is 0 Å². The second-order valence-corrected chi connectivity index (χ2v) is 3.80. The van der Waals surface area contributed by atoms with Gasteiger partial charge in [-0.15, -0.1) is 10.2 Å². The van der Waals surface area contributed by atoms with E-state index in [-0.39, 0.29) is 6.04 Å². The number of aromatic nitrogens is 2. The number of hydrogen-bond donors (Lipinski definition) is 1. The van der Waals surface area contributed by atoms with Gasteiger partial charge < -0.3 is 9.73 Å². The molecule has 4 nitrogen and oxygen atoms in total. The third-order valence-corrected chi connectivity index (χ3v) is 2.51. The fourth-order valence-corrected chi connectivity index (χ4v) is 1.75. The van der Waals surface area contributed by atoms with Crippen LogP contribution in [0.3, 0.4) is 0 Å². The first-order valence-corrected chi connectivity index (χ1v) is 4.79. The van der Waals surface area contributed by atoms with Gasteiger partial charge in [-0.2, -0.15) is 0 Å². The molecule has 1 N–H and O–H groups in total. The molecule has 0 aromatic carbocycles. The van der Waals surface area contributed by atoms with E-state index in [1.807, 2.05) is 6.92 Å². The molecule has 0 radical (unpaired) electrons. The van der Waals surface area contributed by atoms with Crippen molar-refractivity contribution < 1.29 is 4.42 Å². The summed E-state index contributed by atoms with van der Waals surface area (Å²) < 4.78 is 5.39. The standard InChI is InChI=1S/C9H15N3O/c1-6-3-4-10-8(5-6)9-12-11-7(2)13-9/h6,8,10H,3-5H2,1-2H3.